The average molecular weight is 862 g/mol. The molecule has 3 heterocycles. The first-order chi connectivity index (χ1) is 32.7. The Kier molecular flexibility index (Phi) is 9.07. The van der Waals surface area contributed by atoms with Crippen LogP contribution in [0.1, 0.15) is 22.9 Å². The number of hydrogen-bond acceptors (Lipinski definition) is 5. The second kappa shape index (κ2) is 15.7. The summed E-state index contributed by atoms with van der Waals surface area (Å²) in [5.41, 5.74) is 14.2. The predicted molar refractivity (Wildman–Crippen MR) is 278 cm³/mol. The quantitative estimate of drug-likeness (QED) is 0.174. The zero-order valence-corrected chi connectivity index (χ0v) is 36.5. The fourth-order valence-electron chi connectivity index (χ4n) is 9.63. The first-order valence-corrected chi connectivity index (χ1v) is 23.1. The number of benzene rings is 10. The smallest absolute Gasteiger partial charge is 0.159 e. The summed E-state index contributed by atoms with van der Waals surface area (Å²) in [4.78, 5) is 10.6. The minimum Gasteiger partial charge on any atom is -0.456 e. The molecule has 0 bridgehead atoms. The van der Waals surface area contributed by atoms with Crippen molar-refractivity contribution in [2.75, 3.05) is 0 Å². The molecule has 5 heteroatoms. The van der Waals surface area contributed by atoms with Gasteiger partial charge in [-0.3, -0.25) is 0 Å². The summed E-state index contributed by atoms with van der Waals surface area (Å²) in [6.07, 6.45) is -0.361. The normalized spacial score (nSPS) is 13.9. The zero-order chi connectivity index (χ0) is 43.6. The Bertz CT molecular complexity index is 3880. The van der Waals surface area contributed by atoms with E-state index in [1.807, 2.05) is 17.4 Å². The van der Waals surface area contributed by atoms with Gasteiger partial charge >= 0.3 is 0 Å². The fourth-order valence-corrected chi connectivity index (χ4v) is 10.8. The van der Waals surface area contributed by atoms with Gasteiger partial charge in [0.15, 0.2) is 5.84 Å². The number of aliphatic imine (C=N–C) groups is 2. The molecule has 1 aliphatic heterocycles. The van der Waals surface area contributed by atoms with Crippen LogP contribution in [-0.2, 0) is 0 Å². The highest BCUT2D eigenvalue weighted by Gasteiger charge is 2.24. The summed E-state index contributed by atoms with van der Waals surface area (Å²) in [5, 5.41) is 10.8. The van der Waals surface area contributed by atoms with Crippen LogP contribution >= 0.6 is 11.3 Å². The topological polar surface area (TPSA) is 49.9 Å². The molecule has 1 atom stereocenters. The Hall–Kier alpha value is -8.38. The van der Waals surface area contributed by atoms with Crippen LogP contribution in [-0.4, -0.2) is 11.7 Å². The van der Waals surface area contributed by atoms with Crippen molar-refractivity contribution in [2.24, 2.45) is 9.98 Å². The van der Waals surface area contributed by atoms with Gasteiger partial charge in [0.25, 0.3) is 0 Å². The monoisotopic (exact) mass is 861 g/mol. The molecule has 0 fully saturated rings. The molecule has 1 N–H and O–H groups in total. The summed E-state index contributed by atoms with van der Waals surface area (Å²) < 4.78 is 8.97. The summed E-state index contributed by atoms with van der Waals surface area (Å²) in [5.74, 6) is 1.52. The lowest BCUT2D eigenvalue weighted by atomic mass is 9.95. The van der Waals surface area contributed by atoms with Crippen LogP contribution in [0.25, 0.3) is 97.4 Å². The molecule has 310 valence electrons. The van der Waals surface area contributed by atoms with Crippen molar-refractivity contribution in [1.29, 1.82) is 0 Å². The lowest BCUT2D eigenvalue weighted by Crippen LogP contribution is -2.33. The van der Waals surface area contributed by atoms with E-state index >= 15 is 0 Å². The van der Waals surface area contributed by atoms with Gasteiger partial charge in [-0.25, -0.2) is 9.98 Å². The Balaban J connectivity index is 0.867. The molecule has 66 heavy (non-hydrogen) atoms. The molecule has 1 unspecified atom stereocenters. The molecule has 0 radical (unpaired) electrons. The number of nitrogens with one attached hydrogen (secondary N) is 1. The van der Waals surface area contributed by atoms with Crippen molar-refractivity contribution in [3.05, 3.63) is 241 Å². The van der Waals surface area contributed by atoms with Crippen molar-refractivity contribution >= 4 is 75.9 Å². The van der Waals surface area contributed by atoms with Crippen LogP contribution in [0.15, 0.2) is 239 Å². The first-order valence-electron chi connectivity index (χ1n) is 22.3. The SMILES string of the molecule is c1ccc(-c2ccc(C3=NC(c4ccc5cc(-c6cccc7oc8ccc(-c9ccc(-c%10ccccc%10)cc9)cc8c67)ccc5c4)NC(c4cccc5sc6ccccc6c45)=N3)cc2)cc1. The van der Waals surface area contributed by atoms with Crippen LogP contribution in [0.3, 0.4) is 0 Å². The van der Waals surface area contributed by atoms with Gasteiger partial charge in [0, 0.05) is 42.1 Å². The molecule has 0 aliphatic carbocycles. The highest BCUT2D eigenvalue weighted by Crippen LogP contribution is 2.41. The molecular weight excluding hydrogens is 823 g/mol. The zero-order valence-electron chi connectivity index (χ0n) is 35.7. The molecule has 0 saturated carbocycles. The number of amidine groups is 2. The van der Waals surface area contributed by atoms with Crippen molar-refractivity contribution in [3.63, 3.8) is 0 Å². The first kappa shape index (κ1) is 38.1. The van der Waals surface area contributed by atoms with Gasteiger partial charge in [0.05, 0.1) is 0 Å². The van der Waals surface area contributed by atoms with Crippen LogP contribution < -0.4 is 5.32 Å². The molecule has 10 aromatic carbocycles. The number of rotatable bonds is 7. The predicted octanol–water partition coefficient (Wildman–Crippen LogP) is 16.3. The molecule has 12 aromatic rings. The largest absolute Gasteiger partial charge is 0.456 e. The number of fused-ring (bicyclic) bond motifs is 7. The van der Waals surface area contributed by atoms with Crippen molar-refractivity contribution in [3.8, 4) is 44.5 Å². The maximum atomic E-state index is 6.47. The summed E-state index contributed by atoms with van der Waals surface area (Å²) in [7, 11) is 0. The van der Waals surface area contributed by atoms with E-state index in [4.69, 9.17) is 14.4 Å². The van der Waals surface area contributed by atoms with Crippen LogP contribution in [0.5, 0.6) is 0 Å². The summed E-state index contributed by atoms with van der Waals surface area (Å²) in [6, 6.07) is 80.0. The third kappa shape index (κ3) is 6.68. The third-order valence-corrected chi connectivity index (χ3v) is 14.1. The number of thiophene rings is 1. The molecule has 13 rings (SSSR count). The lowest BCUT2D eigenvalue weighted by molar-refractivity contribution is 0.669. The average Bonchev–Trinajstić information content (AvgIpc) is 3.97. The van der Waals surface area contributed by atoms with E-state index in [9.17, 15) is 0 Å². The number of hydrogen-bond donors (Lipinski definition) is 1. The molecule has 0 spiro atoms. The molecule has 0 saturated heterocycles. The maximum Gasteiger partial charge on any atom is 0.159 e. The van der Waals surface area contributed by atoms with Gasteiger partial charge in [-0.1, -0.05) is 182 Å². The summed E-state index contributed by atoms with van der Waals surface area (Å²) in [6.45, 7) is 0. The van der Waals surface area contributed by atoms with E-state index in [0.717, 1.165) is 77.5 Å². The van der Waals surface area contributed by atoms with Crippen molar-refractivity contribution in [2.45, 2.75) is 6.17 Å². The van der Waals surface area contributed by atoms with Gasteiger partial charge in [-0.15, -0.1) is 11.3 Å². The van der Waals surface area contributed by atoms with Crippen molar-refractivity contribution < 1.29 is 4.42 Å². The van der Waals surface area contributed by atoms with Crippen LogP contribution in [0, 0.1) is 0 Å². The Morgan fingerprint density at radius 2 is 0.985 bits per heavy atom. The Morgan fingerprint density at radius 3 is 1.76 bits per heavy atom. The van der Waals surface area contributed by atoms with Gasteiger partial charge in [0.1, 0.15) is 23.2 Å². The third-order valence-electron chi connectivity index (χ3n) is 13.0. The minimum atomic E-state index is -0.361. The van der Waals surface area contributed by atoms with Gasteiger partial charge < -0.3 is 9.73 Å². The van der Waals surface area contributed by atoms with E-state index in [-0.39, 0.29) is 6.17 Å². The van der Waals surface area contributed by atoms with Gasteiger partial charge in [-0.2, -0.15) is 0 Å². The standard InChI is InChI=1S/C61H39N3OS/c1-3-11-38(12-4-1)40-21-23-42(24-22-40)46-33-34-53-52(37-46)57-49(16-9-18-54(57)65-53)47-31-29-45-36-48(32-30-44(45)35-47)60-62-59(43-27-25-41(26-28-43)39-13-5-2-6-14-39)63-61(64-60)51-17-10-20-56-58(51)50-15-7-8-19-55(50)66-56/h1-37,60H,(H,62,63,64). The van der Waals surface area contributed by atoms with E-state index in [2.05, 4.69) is 224 Å². The number of nitrogens with zero attached hydrogens (tertiary/aromatic N) is 2. The molecular formula is C61H39N3OS. The lowest BCUT2D eigenvalue weighted by Gasteiger charge is -2.24. The van der Waals surface area contributed by atoms with Gasteiger partial charge in [-0.05, 0) is 103 Å². The van der Waals surface area contributed by atoms with E-state index in [1.54, 1.807) is 0 Å². The highest BCUT2D eigenvalue weighted by atomic mass is 32.1. The maximum absolute atomic E-state index is 6.47. The van der Waals surface area contributed by atoms with E-state index in [0.29, 0.717) is 5.84 Å². The van der Waals surface area contributed by atoms with Crippen LogP contribution in [0.2, 0.25) is 0 Å². The Morgan fingerprint density at radius 1 is 0.394 bits per heavy atom. The van der Waals surface area contributed by atoms with E-state index < -0.39 is 0 Å². The minimum absolute atomic E-state index is 0.361. The Labute approximate surface area is 385 Å². The number of furan rings is 1. The second-order valence-electron chi connectivity index (χ2n) is 16.9. The fraction of sp³-hybridized carbons (Fsp3) is 0.0164. The highest BCUT2D eigenvalue weighted by molar-refractivity contribution is 7.25. The molecule has 0 amide bonds. The van der Waals surface area contributed by atoms with Crippen molar-refractivity contribution in [1.82, 2.24) is 5.32 Å². The molecule has 1 aliphatic rings. The molecule has 2 aromatic heterocycles. The van der Waals surface area contributed by atoms with E-state index in [1.165, 1.54) is 42.4 Å². The summed E-state index contributed by atoms with van der Waals surface area (Å²) >= 11 is 1.82. The second-order valence-corrected chi connectivity index (χ2v) is 18.0. The van der Waals surface area contributed by atoms with Gasteiger partial charge in [0.2, 0.25) is 0 Å². The van der Waals surface area contributed by atoms with Crippen LogP contribution in [0.4, 0.5) is 0 Å². The molecule has 4 nitrogen and oxygen atoms in total.